The van der Waals surface area contributed by atoms with Gasteiger partial charge in [-0.05, 0) is 34.1 Å². The summed E-state index contributed by atoms with van der Waals surface area (Å²) in [7, 11) is 0. The molecule has 0 aliphatic rings. The van der Waals surface area contributed by atoms with Crippen LogP contribution in [-0.4, -0.2) is 27.9 Å². The average molecular weight is 348 g/mol. The molecule has 0 fully saturated rings. The molecule has 8 heteroatoms. The average Bonchev–Trinajstić information content (AvgIpc) is 2.81. The first-order valence-corrected chi connectivity index (χ1v) is 6.30. The van der Waals surface area contributed by atoms with Crippen molar-refractivity contribution in [3.63, 3.8) is 0 Å². The number of nitrogens with zero attached hydrogens (tertiary/aromatic N) is 2. The van der Waals surface area contributed by atoms with Gasteiger partial charge in [0.25, 0.3) is 0 Å². The van der Waals surface area contributed by atoms with E-state index in [0.717, 1.165) is 0 Å². The van der Waals surface area contributed by atoms with Gasteiger partial charge in [0.05, 0.1) is 5.02 Å². The molecule has 2 aromatic rings. The minimum absolute atomic E-state index is 0.0476. The highest BCUT2D eigenvalue weighted by molar-refractivity contribution is 9.10. The molecule has 1 aromatic heterocycles. The molecule has 2 rings (SSSR count). The summed E-state index contributed by atoms with van der Waals surface area (Å²) in [6, 6.07) is 5.19. The fourth-order valence-electron chi connectivity index (χ4n) is 1.28. The summed E-state index contributed by atoms with van der Waals surface area (Å²) in [5.41, 5.74) is 0.702. The molecule has 0 atom stereocenters. The molecule has 19 heavy (non-hydrogen) atoms. The number of hydrogen-bond donors (Lipinski definition) is 1. The van der Waals surface area contributed by atoms with Gasteiger partial charge in [-0.15, -0.1) is 10.2 Å². The topological polar surface area (TPSA) is 85.5 Å². The van der Waals surface area contributed by atoms with E-state index in [0.29, 0.717) is 20.9 Å². The van der Waals surface area contributed by atoms with Crippen LogP contribution >= 0.6 is 27.5 Å². The molecule has 0 aliphatic carbocycles. The first-order valence-electron chi connectivity index (χ1n) is 5.13. The van der Waals surface area contributed by atoms with Crippen molar-refractivity contribution in [2.24, 2.45) is 0 Å². The number of benzene rings is 1. The molecule has 6 nitrogen and oxygen atoms in total. The van der Waals surface area contributed by atoms with Crippen molar-refractivity contribution < 1.29 is 19.1 Å². The molecule has 1 heterocycles. The molecular formula is C11H8BrClN2O4. The zero-order chi connectivity index (χ0) is 13.8. The summed E-state index contributed by atoms with van der Waals surface area (Å²) in [6.45, 7) is -0.460. The fraction of sp³-hybridized carbons (Fsp3) is 0.182. The van der Waals surface area contributed by atoms with Crippen LogP contribution < -0.4 is 0 Å². The lowest BCUT2D eigenvalue weighted by atomic mass is 10.2. The highest BCUT2D eigenvalue weighted by Crippen LogP contribution is 2.28. The summed E-state index contributed by atoms with van der Waals surface area (Å²) >= 11 is 9.18. The van der Waals surface area contributed by atoms with E-state index in [-0.39, 0.29) is 12.5 Å². The van der Waals surface area contributed by atoms with Crippen molar-refractivity contribution in [3.8, 4) is 11.5 Å². The third kappa shape index (κ3) is 3.76. The Hall–Kier alpha value is -1.44. The molecule has 0 saturated heterocycles. The van der Waals surface area contributed by atoms with Crippen molar-refractivity contribution in [1.29, 1.82) is 0 Å². The molecular weight excluding hydrogens is 339 g/mol. The van der Waals surface area contributed by atoms with Crippen LogP contribution in [-0.2, 0) is 16.1 Å². The predicted molar refractivity (Wildman–Crippen MR) is 69.7 cm³/mol. The molecule has 0 saturated carbocycles. The van der Waals surface area contributed by atoms with Crippen LogP contribution in [0.3, 0.4) is 0 Å². The van der Waals surface area contributed by atoms with Crippen LogP contribution in [0.25, 0.3) is 11.5 Å². The summed E-state index contributed by atoms with van der Waals surface area (Å²) in [4.78, 5) is 10.3. The maximum absolute atomic E-state index is 10.3. The minimum Gasteiger partial charge on any atom is -0.480 e. The molecule has 100 valence electrons. The van der Waals surface area contributed by atoms with E-state index in [1.807, 2.05) is 0 Å². The Morgan fingerprint density at radius 1 is 1.47 bits per heavy atom. The van der Waals surface area contributed by atoms with Gasteiger partial charge in [0.15, 0.2) is 0 Å². The van der Waals surface area contributed by atoms with Gasteiger partial charge in [0, 0.05) is 10.0 Å². The van der Waals surface area contributed by atoms with E-state index in [1.54, 1.807) is 18.2 Å². The summed E-state index contributed by atoms with van der Waals surface area (Å²) < 4.78 is 10.9. The van der Waals surface area contributed by atoms with Crippen LogP contribution in [0.2, 0.25) is 5.02 Å². The van der Waals surface area contributed by atoms with E-state index in [4.69, 9.17) is 25.9 Å². The van der Waals surface area contributed by atoms with Crippen molar-refractivity contribution in [2.75, 3.05) is 6.61 Å². The Morgan fingerprint density at radius 2 is 2.26 bits per heavy atom. The number of carboxylic acids is 1. The molecule has 1 aromatic carbocycles. The molecule has 0 amide bonds. The van der Waals surface area contributed by atoms with Gasteiger partial charge >= 0.3 is 5.97 Å². The summed E-state index contributed by atoms with van der Waals surface area (Å²) in [5.74, 6) is -0.532. The maximum atomic E-state index is 10.3. The Balaban J connectivity index is 2.07. The van der Waals surface area contributed by atoms with Crippen LogP contribution in [0.15, 0.2) is 27.1 Å². The van der Waals surface area contributed by atoms with Gasteiger partial charge in [0.1, 0.15) is 13.2 Å². The van der Waals surface area contributed by atoms with E-state index >= 15 is 0 Å². The Kier molecular flexibility index (Phi) is 4.52. The van der Waals surface area contributed by atoms with Crippen molar-refractivity contribution in [3.05, 3.63) is 33.6 Å². The number of carbonyl (C=O) groups is 1. The number of ether oxygens (including phenoxy) is 1. The van der Waals surface area contributed by atoms with Crippen LogP contribution in [0.1, 0.15) is 5.89 Å². The summed E-state index contributed by atoms with van der Waals surface area (Å²) in [5, 5.41) is 16.6. The minimum atomic E-state index is -1.05. The predicted octanol–water partition coefficient (Wildman–Crippen LogP) is 2.75. The zero-order valence-electron chi connectivity index (χ0n) is 9.47. The van der Waals surface area contributed by atoms with E-state index < -0.39 is 12.6 Å². The first kappa shape index (κ1) is 14.0. The molecule has 1 N–H and O–H groups in total. The molecule has 0 bridgehead atoms. The number of halogens is 2. The number of hydrogen-bond acceptors (Lipinski definition) is 5. The van der Waals surface area contributed by atoms with Gasteiger partial charge in [-0.1, -0.05) is 11.6 Å². The van der Waals surface area contributed by atoms with Gasteiger partial charge in [-0.2, -0.15) is 0 Å². The molecule has 0 radical (unpaired) electrons. The molecule has 0 unspecified atom stereocenters. The largest absolute Gasteiger partial charge is 0.480 e. The van der Waals surface area contributed by atoms with Crippen molar-refractivity contribution >= 4 is 33.5 Å². The third-order valence-electron chi connectivity index (χ3n) is 2.08. The first-order chi connectivity index (χ1) is 9.06. The van der Waals surface area contributed by atoms with Gasteiger partial charge < -0.3 is 14.3 Å². The number of rotatable bonds is 5. The van der Waals surface area contributed by atoms with E-state index in [1.165, 1.54) is 0 Å². The standard InChI is InChI=1S/C11H8BrClN2O4/c12-7-3-6(1-2-8(7)13)11-15-14-9(19-11)4-18-5-10(16)17/h1-3H,4-5H2,(H,16,17). The summed E-state index contributed by atoms with van der Waals surface area (Å²) in [6.07, 6.45) is 0. The zero-order valence-corrected chi connectivity index (χ0v) is 11.8. The lowest BCUT2D eigenvalue weighted by Gasteiger charge is -1.98. The SMILES string of the molecule is O=C(O)COCc1nnc(-c2ccc(Cl)c(Br)c2)o1. The second-order valence-electron chi connectivity index (χ2n) is 3.52. The smallest absolute Gasteiger partial charge is 0.329 e. The normalized spacial score (nSPS) is 10.6. The van der Waals surface area contributed by atoms with Gasteiger partial charge in [0.2, 0.25) is 11.8 Å². The van der Waals surface area contributed by atoms with Crippen LogP contribution in [0.5, 0.6) is 0 Å². The maximum Gasteiger partial charge on any atom is 0.329 e. The monoisotopic (exact) mass is 346 g/mol. The lowest BCUT2D eigenvalue weighted by molar-refractivity contribution is -0.142. The van der Waals surface area contributed by atoms with Gasteiger partial charge in [-0.25, -0.2) is 4.79 Å². The second-order valence-corrected chi connectivity index (χ2v) is 4.78. The van der Waals surface area contributed by atoms with E-state index in [9.17, 15) is 4.79 Å². The molecule has 0 spiro atoms. The fourth-order valence-corrected chi connectivity index (χ4v) is 1.78. The Labute approximate surface area is 121 Å². The van der Waals surface area contributed by atoms with Crippen molar-refractivity contribution in [2.45, 2.75) is 6.61 Å². The molecule has 0 aliphatic heterocycles. The Bertz CT molecular complexity index is 602. The Morgan fingerprint density at radius 3 is 2.95 bits per heavy atom. The highest BCUT2D eigenvalue weighted by atomic mass is 79.9. The highest BCUT2D eigenvalue weighted by Gasteiger charge is 2.10. The van der Waals surface area contributed by atoms with Gasteiger partial charge in [-0.3, -0.25) is 0 Å². The second kappa shape index (κ2) is 6.14. The van der Waals surface area contributed by atoms with E-state index in [2.05, 4.69) is 26.1 Å². The number of aliphatic carboxylic acids is 1. The third-order valence-corrected chi connectivity index (χ3v) is 3.30. The van der Waals surface area contributed by atoms with Crippen LogP contribution in [0, 0.1) is 0 Å². The quantitative estimate of drug-likeness (QED) is 0.895. The number of aromatic nitrogens is 2. The van der Waals surface area contributed by atoms with Crippen LogP contribution in [0.4, 0.5) is 0 Å². The number of carboxylic acid groups (broad SMARTS) is 1. The van der Waals surface area contributed by atoms with Crippen molar-refractivity contribution in [1.82, 2.24) is 10.2 Å². The lowest BCUT2D eigenvalue weighted by Crippen LogP contribution is -2.06.